The summed E-state index contributed by atoms with van der Waals surface area (Å²) in [6, 6.07) is 9.47. The monoisotopic (exact) mass is 376 g/mol. The lowest BCUT2D eigenvalue weighted by Gasteiger charge is -2.15. The van der Waals surface area contributed by atoms with Crippen LogP contribution in [0.3, 0.4) is 0 Å². The highest BCUT2D eigenvalue weighted by molar-refractivity contribution is 5.99. The Morgan fingerprint density at radius 2 is 1.96 bits per heavy atom. The first-order valence-electron chi connectivity index (χ1n) is 7.99. The summed E-state index contributed by atoms with van der Waals surface area (Å²) in [7, 11) is 3.03. The fraction of sp³-hybridized carbons (Fsp3) is 0.211. The number of aliphatic hydroxyl groups is 1. The second kappa shape index (κ2) is 7.24. The van der Waals surface area contributed by atoms with Crippen molar-refractivity contribution in [2.75, 3.05) is 14.2 Å². The second-order valence-corrected chi connectivity index (χ2v) is 5.70. The number of halogens is 2. The van der Waals surface area contributed by atoms with Gasteiger partial charge in [0.2, 0.25) is 0 Å². The highest BCUT2D eigenvalue weighted by atomic mass is 19.3. The number of aliphatic imine (C=N–C) groups is 1. The molecule has 3 rings (SSSR count). The van der Waals surface area contributed by atoms with E-state index in [2.05, 4.69) is 14.5 Å². The molecule has 8 heteroatoms. The van der Waals surface area contributed by atoms with Crippen LogP contribution in [-0.4, -0.2) is 31.3 Å². The number of methoxy groups -OCH3 is 1. The van der Waals surface area contributed by atoms with Crippen LogP contribution in [0.4, 0.5) is 8.78 Å². The van der Waals surface area contributed by atoms with Crippen LogP contribution in [0.15, 0.2) is 53.7 Å². The van der Waals surface area contributed by atoms with Gasteiger partial charge in [0.15, 0.2) is 11.5 Å². The summed E-state index contributed by atoms with van der Waals surface area (Å²) >= 11 is 0. The number of fused-ring (bicyclic) bond motifs is 1. The number of rotatable bonds is 5. The molecule has 3 N–H and O–H groups in total. The molecule has 2 aromatic rings. The molecule has 1 unspecified atom stereocenters. The number of hydrogen-bond donors (Lipinski definition) is 2. The first-order valence-corrected chi connectivity index (χ1v) is 7.99. The van der Waals surface area contributed by atoms with Crippen molar-refractivity contribution >= 4 is 5.71 Å². The lowest BCUT2D eigenvalue weighted by atomic mass is 9.97. The summed E-state index contributed by atoms with van der Waals surface area (Å²) in [5.41, 5.74) is 7.44. The van der Waals surface area contributed by atoms with Gasteiger partial charge in [-0.1, -0.05) is 12.1 Å². The smallest absolute Gasteiger partial charge is 0.496 e. The molecule has 0 spiro atoms. The van der Waals surface area contributed by atoms with Crippen LogP contribution in [0, 0.1) is 0 Å². The van der Waals surface area contributed by atoms with Gasteiger partial charge in [-0.2, -0.15) is 0 Å². The van der Waals surface area contributed by atoms with Crippen molar-refractivity contribution in [3.05, 3.63) is 54.2 Å². The number of nitrogens with two attached hydrogens (primary N) is 1. The molecule has 0 saturated carbocycles. The molecule has 0 fully saturated rings. The van der Waals surface area contributed by atoms with Gasteiger partial charge in [0.25, 0.3) is 0 Å². The van der Waals surface area contributed by atoms with Gasteiger partial charge in [0.1, 0.15) is 11.9 Å². The standard InChI is InChI=1S/C19H18F2N2O4/c1-23-14(7-8-22)18(24)12-4-5-15(25-2)13(9-12)11-3-6-16-17(10-11)27-19(20,21)26-16/h3-10,18,24H,22H2,1-2H3. The Morgan fingerprint density at radius 1 is 1.22 bits per heavy atom. The fourth-order valence-electron chi connectivity index (χ4n) is 2.80. The summed E-state index contributed by atoms with van der Waals surface area (Å²) < 4.78 is 40.8. The van der Waals surface area contributed by atoms with Gasteiger partial charge >= 0.3 is 6.29 Å². The molecule has 0 aromatic heterocycles. The predicted octanol–water partition coefficient (Wildman–Crippen LogP) is 3.26. The predicted molar refractivity (Wildman–Crippen MR) is 96.3 cm³/mol. The lowest BCUT2D eigenvalue weighted by Crippen LogP contribution is -2.25. The molecule has 27 heavy (non-hydrogen) atoms. The largest absolute Gasteiger partial charge is 0.586 e. The van der Waals surface area contributed by atoms with Crippen LogP contribution >= 0.6 is 0 Å². The van der Waals surface area contributed by atoms with Crippen molar-refractivity contribution in [1.82, 2.24) is 0 Å². The van der Waals surface area contributed by atoms with Gasteiger partial charge < -0.3 is 25.1 Å². The third-order valence-electron chi connectivity index (χ3n) is 4.06. The Kier molecular flexibility index (Phi) is 5.00. The number of hydrogen-bond acceptors (Lipinski definition) is 6. The Labute approximate surface area is 154 Å². The first-order chi connectivity index (χ1) is 12.9. The van der Waals surface area contributed by atoms with Crippen LogP contribution in [0.25, 0.3) is 11.1 Å². The van der Waals surface area contributed by atoms with Crippen LogP contribution < -0.4 is 19.9 Å². The van der Waals surface area contributed by atoms with Crippen LogP contribution in [0.2, 0.25) is 0 Å². The van der Waals surface area contributed by atoms with E-state index in [1.807, 2.05) is 0 Å². The molecule has 2 aromatic carbocycles. The number of alkyl halides is 2. The zero-order valence-corrected chi connectivity index (χ0v) is 14.6. The van der Waals surface area contributed by atoms with Gasteiger partial charge in [-0.3, -0.25) is 4.99 Å². The van der Waals surface area contributed by atoms with E-state index >= 15 is 0 Å². The molecular weight excluding hydrogens is 358 g/mol. The van der Waals surface area contributed by atoms with Crippen LogP contribution in [0.1, 0.15) is 11.7 Å². The Morgan fingerprint density at radius 3 is 2.63 bits per heavy atom. The average Bonchev–Trinajstić information content (AvgIpc) is 2.97. The summed E-state index contributed by atoms with van der Waals surface area (Å²) in [5, 5.41) is 10.5. The minimum atomic E-state index is -3.69. The molecule has 1 aliphatic heterocycles. The quantitative estimate of drug-likeness (QED) is 0.783. The van der Waals surface area contributed by atoms with E-state index in [0.717, 1.165) is 0 Å². The minimum absolute atomic E-state index is 0.0487. The van der Waals surface area contributed by atoms with E-state index < -0.39 is 12.4 Å². The number of aliphatic hydroxyl groups excluding tert-OH is 1. The maximum atomic E-state index is 13.3. The molecule has 0 amide bonds. The summed E-state index contributed by atoms with van der Waals surface area (Å²) in [4.78, 5) is 4.01. The van der Waals surface area contributed by atoms with E-state index in [9.17, 15) is 13.9 Å². The molecule has 1 aliphatic rings. The van der Waals surface area contributed by atoms with Gasteiger partial charge in [0.05, 0.1) is 12.8 Å². The Hall–Kier alpha value is -3.13. The van der Waals surface area contributed by atoms with Gasteiger partial charge in [-0.05, 0) is 47.7 Å². The molecule has 142 valence electrons. The maximum Gasteiger partial charge on any atom is 0.586 e. The third-order valence-corrected chi connectivity index (χ3v) is 4.06. The molecular formula is C19H18F2N2O4. The number of benzene rings is 2. The number of ether oxygens (including phenoxy) is 3. The van der Waals surface area contributed by atoms with Crippen molar-refractivity contribution < 1.29 is 28.1 Å². The van der Waals surface area contributed by atoms with Gasteiger partial charge in [0, 0.05) is 12.6 Å². The highest BCUT2D eigenvalue weighted by Gasteiger charge is 2.43. The maximum absolute atomic E-state index is 13.3. The normalized spacial score (nSPS) is 16.6. The van der Waals surface area contributed by atoms with E-state index in [1.54, 1.807) is 31.3 Å². The Balaban J connectivity index is 2.03. The van der Waals surface area contributed by atoms with Gasteiger partial charge in [-0.25, -0.2) is 0 Å². The molecule has 0 saturated heterocycles. The molecule has 1 atom stereocenters. The zero-order valence-electron chi connectivity index (χ0n) is 14.6. The van der Waals surface area contributed by atoms with Crippen molar-refractivity contribution in [2.24, 2.45) is 10.7 Å². The van der Waals surface area contributed by atoms with E-state index in [4.69, 9.17) is 10.5 Å². The first kappa shape index (κ1) is 18.7. The Bertz CT molecular complexity index is 913. The van der Waals surface area contributed by atoms with Crippen molar-refractivity contribution in [3.8, 4) is 28.4 Å². The number of nitrogens with zero attached hydrogens (tertiary/aromatic N) is 1. The van der Waals surface area contributed by atoms with Crippen molar-refractivity contribution in [1.29, 1.82) is 0 Å². The molecule has 0 aliphatic carbocycles. The second-order valence-electron chi connectivity index (χ2n) is 5.70. The van der Waals surface area contributed by atoms with E-state index in [-0.39, 0.29) is 11.5 Å². The fourth-order valence-corrected chi connectivity index (χ4v) is 2.80. The summed E-state index contributed by atoms with van der Waals surface area (Å²) in [6.07, 6.45) is -1.92. The van der Waals surface area contributed by atoms with Crippen molar-refractivity contribution in [3.63, 3.8) is 0 Å². The highest BCUT2D eigenvalue weighted by Crippen LogP contribution is 2.44. The average molecular weight is 376 g/mol. The van der Waals surface area contributed by atoms with Crippen LogP contribution in [-0.2, 0) is 0 Å². The molecule has 0 bridgehead atoms. The summed E-state index contributed by atoms with van der Waals surface area (Å²) in [6.45, 7) is 0. The molecule has 6 nitrogen and oxygen atoms in total. The molecule has 1 heterocycles. The van der Waals surface area contributed by atoms with Crippen molar-refractivity contribution in [2.45, 2.75) is 12.4 Å². The van der Waals surface area contributed by atoms with E-state index in [0.29, 0.717) is 28.2 Å². The topological polar surface area (TPSA) is 86.3 Å². The SMILES string of the molecule is CN=C(C=CN)C(O)c1ccc(OC)c(-c2ccc3c(c2)OC(F)(F)O3)c1. The van der Waals surface area contributed by atoms with Crippen LogP contribution in [0.5, 0.6) is 17.2 Å². The lowest BCUT2D eigenvalue weighted by molar-refractivity contribution is -0.286. The molecule has 0 radical (unpaired) electrons. The minimum Gasteiger partial charge on any atom is -0.496 e. The third kappa shape index (κ3) is 3.70. The zero-order chi connectivity index (χ0) is 19.6. The summed E-state index contributed by atoms with van der Waals surface area (Å²) in [5.74, 6) is 0.376. The van der Waals surface area contributed by atoms with Gasteiger partial charge in [-0.15, -0.1) is 8.78 Å². The van der Waals surface area contributed by atoms with E-state index in [1.165, 1.54) is 31.5 Å².